The molecule has 0 aliphatic heterocycles. The summed E-state index contributed by atoms with van der Waals surface area (Å²) in [6.45, 7) is 2.02. The molecule has 110 valence electrons. The van der Waals surface area contributed by atoms with Gasteiger partial charge in [0.1, 0.15) is 5.15 Å². The van der Waals surface area contributed by atoms with E-state index < -0.39 is 0 Å². The van der Waals surface area contributed by atoms with E-state index in [2.05, 4.69) is 10.3 Å². The van der Waals surface area contributed by atoms with Crippen molar-refractivity contribution in [2.45, 2.75) is 6.92 Å². The standard InChI is InChI=1S/C15H15Cl2N3O/c1-9-4-5-11(7-13(9)20(2)3)19-15(21)10-6-12(16)14(17)18-8-10/h4-8H,1-3H3,(H,19,21). The summed E-state index contributed by atoms with van der Waals surface area (Å²) < 4.78 is 0. The van der Waals surface area contributed by atoms with Crippen LogP contribution in [0.25, 0.3) is 0 Å². The Balaban J connectivity index is 2.23. The molecule has 0 unspecified atom stereocenters. The van der Waals surface area contributed by atoms with E-state index in [4.69, 9.17) is 23.2 Å². The highest BCUT2D eigenvalue weighted by Crippen LogP contribution is 2.24. The summed E-state index contributed by atoms with van der Waals surface area (Å²) in [7, 11) is 3.91. The van der Waals surface area contributed by atoms with Gasteiger partial charge in [-0.25, -0.2) is 4.98 Å². The van der Waals surface area contributed by atoms with Gasteiger partial charge >= 0.3 is 0 Å². The van der Waals surface area contributed by atoms with Crippen molar-refractivity contribution in [2.75, 3.05) is 24.3 Å². The summed E-state index contributed by atoms with van der Waals surface area (Å²) >= 11 is 11.6. The molecule has 0 radical (unpaired) electrons. The Labute approximate surface area is 133 Å². The molecular formula is C15H15Cl2N3O. The molecule has 0 aliphatic rings. The molecule has 0 aliphatic carbocycles. The minimum atomic E-state index is -0.283. The van der Waals surface area contributed by atoms with Crippen molar-refractivity contribution in [3.05, 3.63) is 51.8 Å². The van der Waals surface area contributed by atoms with Crippen molar-refractivity contribution in [2.24, 2.45) is 0 Å². The topological polar surface area (TPSA) is 45.2 Å². The third-order valence-corrected chi connectivity index (χ3v) is 3.69. The average Bonchev–Trinajstić information content (AvgIpc) is 2.43. The third-order valence-electron chi connectivity index (χ3n) is 3.01. The number of rotatable bonds is 3. The van der Waals surface area contributed by atoms with Crippen LogP contribution in [-0.2, 0) is 0 Å². The number of aryl methyl sites for hydroxylation is 1. The summed E-state index contributed by atoms with van der Waals surface area (Å²) in [5, 5.41) is 3.25. The molecule has 0 saturated carbocycles. The number of hydrogen-bond donors (Lipinski definition) is 1. The lowest BCUT2D eigenvalue weighted by atomic mass is 10.1. The van der Waals surface area contributed by atoms with Crippen molar-refractivity contribution in [3.8, 4) is 0 Å². The van der Waals surface area contributed by atoms with E-state index in [0.29, 0.717) is 11.3 Å². The molecule has 0 bridgehead atoms. The Kier molecular flexibility index (Phi) is 4.70. The second kappa shape index (κ2) is 6.33. The number of aromatic nitrogens is 1. The number of nitrogens with one attached hydrogen (secondary N) is 1. The molecule has 0 saturated heterocycles. The molecule has 2 aromatic rings. The largest absolute Gasteiger partial charge is 0.377 e. The van der Waals surface area contributed by atoms with Crippen molar-refractivity contribution < 1.29 is 4.79 Å². The number of carbonyl (C=O) groups excluding carboxylic acids is 1. The van der Waals surface area contributed by atoms with Gasteiger partial charge in [-0.3, -0.25) is 4.79 Å². The van der Waals surface area contributed by atoms with Crippen LogP contribution in [0.3, 0.4) is 0 Å². The number of carbonyl (C=O) groups is 1. The monoisotopic (exact) mass is 323 g/mol. The van der Waals surface area contributed by atoms with Crippen LogP contribution in [0.2, 0.25) is 10.2 Å². The summed E-state index contributed by atoms with van der Waals surface area (Å²) in [5.41, 5.74) is 3.24. The highest BCUT2D eigenvalue weighted by Gasteiger charge is 2.10. The van der Waals surface area contributed by atoms with E-state index in [0.717, 1.165) is 11.3 Å². The van der Waals surface area contributed by atoms with Crippen LogP contribution in [0.5, 0.6) is 0 Å². The van der Waals surface area contributed by atoms with Gasteiger partial charge in [0, 0.05) is 31.7 Å². The predicted octanol–water partition coefficient (Wildman–Crippen LogP) is 4.02. The van der Waals surface area contributed by atoms with Gasteiger partial charge in [0.2, 0.25) is 0 Å². The summed E-state index contributed by atoms with van der Waals surface area (Å²) in [4.78, 5) is 18.0. The molecule has 0 spiro atoms. The molecule has 2 rings (SSSR count). The SMILES string of the molecule is Cc1ccc(NC(=O)c2cnc(Cl)c(Cl)c2)cc1N(C)C. The first-order valence-corrected chi connectivity index (χ1v) is 7.04. The Bertz CT molecular complexity index is 687. The summed E-state index contributed by atoms with van der Waals surface area (Å²) in [6.07, 6.45) is 1.39. The molecule has 1 aromatic heterocycles. The lowest BCUT2D eigenvalue weighted by molar-refractivity contribution is 0.102. The molecule has 1 amide bonds. The number of benzene rings is 1. The van der Waals surface area contributed by atoms with Crippen LogP contribution in [0.1, 0.15) is 15.9 Å². The zero-order valence-corrected chi connectivity index (χ0v) is 13.5. The van der Waals surface area contributed by atoms with Gasteiger partial charge in [-0.2, -0.15) is 0 Å². The molecule has 1 aromatic carbocycles. The van der Waals surface area contributed by atoms with Gasteiger partial charge in [-0.15, -0.1) is 0 Å². The van der Waals surface area contributed by atoms with Crippen LogP contribution >= 0.6 is 23.2 Å². The van der Waals surface area contributed by atoms with Gasteiger partial charge in [0.15, 0.2) is 0 Å². The van der Waals surface area contributed by atoms with Crippen LogP contribution in [-0.4, -0.2) is 25.0 Å². The van der Waals surface area contributed by atoms with Crippen LogP contribution < -0.4 is 10.2 Å². The first kappa shape index (κ1) is 15.6. The lowest BCUT2D eigenvalue weighted by Crippen LogP contribution is -2.14. The molecule has 6 heteroatoms. The van der Waals surface area contributed by atoms with Crippen LogP contribution in [0.4, 0.5) is 11.4 Å². The fourth-order valence-electron chi connectivity index (χ4n) is 1.92. The average molecular weight is 324 g/mol. The zero-order valence-electron chi connectivity index (χ0n) is 11.9. The van der Waals surface area contributed by atoms with Crippen LogP contribution in [0.15, 0.2) is 30.5 Å². The van der Waals surface area contributed by atoms with Gasteiger partial charge in [-0.1, -0.05) is 29.3 Å². The number of nitrogens with zero attached hydrogens (tertiary/aromatic N) is 2. The van der Waals surface area contributed by atoms with Gasteiger partial charge < -0.3 is 10.2 Å². The van der Waals surface area contributed by atoms with Gasteiger partial charge in [0.25, 0.3) is 5.91 Å². The van der Waals surface area contributed by atoms with Crippen molar-refractivity contribution in [1.82, 2.24) is 4.98 Å². The second-order valence-electron chi connectivity index (χ2n) is 4.85. The minimum Gasteiger partial charge on any atom is -0.377 e. The van der Waals surface area contributed by atoms with E-state index in [1.165, 1.54) is 12.3 Å². The molecule has 4 nitrogen and oxygen atoms in total. The Hall–Kier alpha value is -1.78. The highest BCUT2D eigenvalue weighted by molar-refractivity contribution is 6.41. The lowest BCUT2D eigenvalue weighted by Gasteiger charge is -2.17. The molecule has 1 N–H and O–H groups in total. The number of pyridine rings is 1. The van der Waals surface area contributed by atoms with E-state index >= 15 is 0 Å². The maximum Gasteiger partial charge on any atom is 0.257 e. The van der Waals surface area contributed by atoms with Gasteiger partial charge in [-0.05, 0) is 30.7 Å². The number of anilines is 2. The van der Waals surface area contributed by atoms with Crippen molar-refractivity contribution in [1.29, 1.82) is 0 Å². The number of amides is 1. The smallest absolute Gasteiger partial charge is 0.257 e. The second-order valence-corrected chi connectivity index (χ2v) is 5.61. The van der Waals surface area contributed by atoms with Gasteiger partial charge in [0.05, 0.1) is 10.6 Å². The number of hydrogen-bond acceptors (Lipinski definition) is 3. The van der Waals surface area contributed by atoms with E-state index in [9.17, 15) is 4.79 Å². The Morgan fingerprint density at radius 2 is 1.95 bits per heavy atom. The van der Waals surface area contributed by atoms with Crippen LogP contribution in [0, 0.1) is 6.92 Å². The maximum absolute atomic E-state index is 12.2. The quantitative estimate of drug-likeness (QED) is 0.868. The molecule has 0 atom stereocenters. The first-order valence-electron chi connectivity index (χ1n) is 6.29. The fraction of sp³-hybridized carbons (Fsp3) is 0.200. The van der Waals surface area contributed by atoms with E-state index in [1.54, 1.807) is 0 Å². The molecule has 1 heterocycles. The fourth-order valence-corrected chi connectivity index (χ4v) is 2.19. The van der Waals surface area contributed by atoms with Crippen molar-refractivity contribution in [3.63, 3.8) is 0 Å². The molecule has 0 fully saturated rings. The summed E-state index contributed by atoms with van der Waals surface area (Å²) in [6, 6.07) is 7.22. The molecular weight excluding hydrogens is 309 g/mol. The molecule has 21 heavy (non-hydrogen) atoms. The number of halogens is 2. The minimum absolute atomic E-state index is 0.179. The maximum atomic E-state index is 12.2. The predicted molar refractivity (Wildman–Crippen MR) is 87.7 cm³/mol. The third kappa shape index (κ3) is 3.65. The first-order chi connectivity index (χ1) is 9.88. The Morgan fingerprint density at radius 1 is 1.24 bits per heavy atom. The zero-order chi connectivity index (χ0) is 15.6. The van der Waals surface area contributed by atoms with E-state index in [-0.39, 0.29) is 16.1 Å². The highest BCUT2D eigenvalue weighted by atomic mass is 35.5. The van der Waals surface area contributed by atoms with Crippen molar-refractivity contribution >= 4 is 40.5 Å². The normalized spacial score (nSPS) is 10.3. The summed E-state index contributed by atoms with van der Waals surface area (Å²) in [5.74, 6) is -0.283. The Morgan fingerprint density at radius 3 is 2.57 bits per heavy atom. The van der Waals surface area contributed by atoms with E-state index in [1.807, 2.05) is 44.1 Å².